The molecule has 3 aromatic rings. The number of nitrogens with one attached hydrogen (secondary N) is 1. The first kappa shape index (κ1) is 29.0. The van der Waals surface area contributed by atoms with Crippen LogP contribution in [0, 0.1) is 12.8 Å². The monoisotopic (exact) mass is 580 g/mol. The number of hydrogen-bond donors (Lipinski definition) is 1. The van der Waals surface area contributed by atoms with Crippen LogP contribution in [0.4, 0.5) is 20.4 Å². The highest BCUT2D eigenvalue weighted by Crippen LogP contribution is 2.42. The van der Waals surface area contributed by atoms with Gasteiger partial charge in [-0.15, -0.1) is 5.10 Å². The Morgan fingerprint density at radius 3 is 2.52 bits per heavy atom. The van der Waals surface area contributed by atoms with Crippen molar-refractivity contribution in [1.82, 2.24) is 20.1 Å². The van der Waals surface area contributed by atoms with E-state index < -0.39 is 11.8 Å². The minimum absolute atomic E-state index is 0.0901. The Morgan fingerprint density at radius 2 is 1.71 bits per heavy atom. The van der Waals surface area contributed by atoms with Crippen molar-refractivity contribution < 1.29 is 18.3 Å². The number of halogens is 2. The van der Waals surface area contributed by atoms with Crippen LogP contribution in [0.2, 0.25) is 0 Å². The van der Waals surface area contributed by atoms with Gasteiger partial charge in [0.1, 0.15) is 5.82 Å². The molecule has 4 aliphatic rings. The number of pyridine rings is 1. The van der Waals surface area contributed by atoms with Gasteiger partial charge in [0.05, 0.1) is 36.9 Å². The third kappa shape index (κ3) is 6.15. The first-order valence-electron chi connectivity index (χ1n) is 15.5. The van der Waals surface area contributed by atoms with Gasteiger partial charge in [-0.25, -0.2) is 8.78 Å². The molecule has 0 spiro atoms. The predicted molar refractivity (Wildman–Crippen MR) is 161 cm³/mol. The molecular formula is C32H42F2N6O2. The SMILES string of the molecule is Cc1nnc2c3cc(N4CCOCC4)nc(c13)OCCCCCCN1CCC(CC1)C(F)(F)c1cccc(c1)[C@@H](C)N2. The van der Waals surface area contributed by atoms with Crippen LogP contribution < -0.4 is 15.0 Å². The fourth-order valence-electron chi connectivity index (χ4n) is 6.46. The van der Waals surface area contributed by atoms with Crippen LogP contribution in [-0.4, -0.2) is 72.6 Å². The van der Waals surface area contributed by atoms with Crippen LogP contribution in [-0.2, 0) is 10.7 Å². The van der Waals surface area contributed by atoms with Gasteiger partial charge in [0.25, 0.3) is 5.92 Å². The molecule has 2 saturated heterocycles. The zero-order valence-corrected chi connectivity index (χ0v) is 24.7. The Morgan fingerprint density at radius 1 is 0.929 bits per heavy atom. The highest BCUT2D eigenvalue weighted by atomic mass is 19.3. The van der Waals surface area contributed by atoms with Gasteiger partial charge in [-0.1, -0.05) is 31.0 Å². The van der Waals surface area contributed by atoms with E-state index in [0.29, 0.717) is 44.4 Å². The molecule has 8 nitrogen and oxygen atoms in total. The van der Waals surface area contributed by atoms with Gasteiger partial charge in [0, 0.05) is 30.0 Å². The summed E-state index contributed by atoms with van der Waals surface area (Å²) >= 11 is 0. The summed E-state index contributed by atoms with van der Waals surface area (Å²) in [4.78, 5) is 9.51. The number of hydrogen-bond acceptors (Lipinski definition) is 8. The van der Waals surface area contributed by atoms with E-state index in [9.17, 15) is 0 Å². The van der Waals surface area contributed by atoms with Crippen molar-refractivity contribution in [3.8, 4) is 5.88 Å². The van der Waals surface area contributed by atoms with Crippen molar-refractivity contribution in [2.45, 2.75) is 64.3 Å². The summed E-state index contributed by atoms with van der Waals surface area (Å²) in [5.74, 6) is -1.56. The van der Waals surface area contributed by atoms with Crippen LogP contribution in [0.15, 0.2) is 30.3 Å². The smallest absolute Gasteiger partial charge is 0.276 e. The van der Waals surface area contributed by atoms with Crippen LogP contribution in [0.1, 0.15) is 68.3 Å². The quantitative estimate of drug-likeness (QED) is 0.370. The fraction of sp³-hybridized carbons (Fsp3) is 0.594. The summed E-state index contributed by atoms with van der Waals surface area (Å²) in [7, 11) is 0. The van der Waals surface area contributed by atoms with Crippen LogP contribution in [0.3, 0.4) is 0 Å². The fourth-order valence-corrected chi connectivity index (χ4v) is 6.46. The maximum Gasteiger partial charge on any atom is 0.276 e. The predicted octanol–water partition coefficient (Wildman–Crippen LogP) is 6.10. The van der Waals surface area contributed by atoms with E-state index in [1.54, 1.807) is 18.2 Å². The maximum absolute atomic E-state index is 15.8. The van der Waals surface area contributed by atoms with Crippen molar-refractivity contribution in [2.75, 3.05) is 62.8 Å². The Bertz CT molecular complexity index is 1370. The van der Waals surface area contributed by atoms with Gasteiger partial charge in [0.2, 0.25) is 5.88 Å². The van der Waals surface area contributed by atoms with E-state index in [1.165, 1.54) is 0 Å². The molecule has 4 aliphatic heterocycles. The second-order valence-electron chi connectivity index (χ2n) is 11.9. The normalized spacial score (nSPS) is 25.4. The molecule has 0 radical (unpaired) electrons. The molecule has 226 valence electrons. The molecule has 7 rings (SSSR count). The molecule has 1 atom stereocenters. The molecule has 6 heterocycles. The second-order valence-corrected chi connectivity index (χ2v) is 11.9. The Balaban J connectivity index is 1.38. The van der Waals surface area contributed by atoms with Gasteiger partial charge >= 0.3 is 0 Å². The number of piperidine rings is 1. The standard InChI is InChI=1S/C32H42F2N6O2/c1-22-24-8-7-9-26(20-24)32(33,34)25-10-13-39(14-11-25)12-5-3-4-6-17-42-31-29-23(2)37-38-30(35-22)27(29)21-28(36-31)40-15-18-41-19-16-40/h7-9,20-22,25H,3-6,10-19H2,1-2H3,(H,35,38)/t22-/m1/s1. The lowest BCUT2D eigenvalue weighted by molar-refractivity contribution is -0.0855. The summed E-state index contributed by atoms with van der Waals surface area (Å²) in [5, 5.41) is 14.1. The van der Waals surface area contributed by atoms with Crippen LogP contribution in [0.5, 0.6) is 5.88 Å². The molecule has 2 aromatic heterocycles. The molecule has 2 fully saturated rings. The molecule has 0 saturated carbocycles. The number of anilines is 2. The zero-order chi connectivity index (χ0) is 29.1. The second kappa shape index (κ2) is 12.6. The summed E-state index contributed by atoms with van der Waals surface area (Å²) in [6.45, 7) is 9.67. The highest BCUT2D eigenvalue weighted by Gasteiger charge is 2.42. The molecule has 0 unspecified atom stereocenters. The van der Waals surface area contributed by atoms with E-state index in [4.69, 9.17) is 14.5 Å². The van der Waals surface area contributed by atoms with E-state index in [1.807, 2.05) is 26.0 Å². The van der Waals surface area contributed by atoms with Crippen molar-refractivity contribution >= 4 is 22.4 Å². The lowest BCUT2D eigenvalue weighted by atomic mass is 9.85. The lowest BCUT2D eigenvalue weighted by Gasteiger charge is -2.36. The Labute approximate surface area is 246 Å². The highest BCUT2D eigenvalue weighted by molar-refractivity contribution is 5.98. The summed E-state index contributed by atoms with van der Waals surface area (Å²) in [5.41, 5.74) is 1.61. The topological polar surface area (TPSA) is 75.6 Å². The molecule has 0 aliphatic carbocycles. The molecule has 1 N–H and O–H groups in total. The first-order valence-corrected chi connectivity index (χ1v) is 15.5. The zero-order valence-electron chi connectivity index (χ0n) is 24.7. The van der Waals surface area contributed by atoms with Gasteiger partial charge in [-0.05, 0) is 76.9 Å². The molecule has 42 heavy (non-hydrogen) atoms. The molecule has 8 bridgehead atoms. The minimum Gasteiger partial charge on any atom is -0.477 e. The number of benzene rings is 1. The average molecular weight is 581 g/mol. The lowest BCUT2D eigenvalue weighted by Crippen LogP contribution is -2.40. The number of ether oxygens (including phenoxy) is 2. The van der Waals surface area contributed by atoms with Crippen LogP contribution in [0.25, 0.3) is 10.8 Å². The summed E-state index contributed by atoms with van der Waals surface area (Å²) in [6.07, 6.45) is 5.17. The largest absolute Gasteiger partial charge is 0.477 e. The first-order chi connectivity index (χ1) is 20.4. The van der Waals surface area contributed by atoms with E-state index >= 15 is 8.78 Å². The number of aryl methyl sites for hydroxylation is 1. The number of alkyl halides is 2. The number of fused-ring (bicyclic) bond motifs is 9. The van der Waals surface area contributed by atoms with Gasteiger partial charge in [-0.2, -0.15) is 10.1 Å². The van der Waals surface area contributed by atoms with Crippen molar-refractivity contribution in [1.29, 1.82) is 0 Å². The summed E-state index contributed by atoms with van der Waals surface area (Å²) < 4.78 is 43.6. The molecule has 10 heteroatoms. The van der Waals surface area contributed by atoms with Crippen molar-refractivity contribution in [3.05, 3.63) is 47.2 Å². The number of aromatic nitrogens is 3. The Kier molecular flexibility index (Phi) is 8.72. The number of rotatable bonds is 1. The maximum atomic E-state index is 15.8. The molecular weight excluding hydrogens is 538 g/mol. The minimum atomic E-state index is -2.87. The third-order valence-electron chi connectivity index (χ3n) is 9.06. The molecule has 0 amide bonds. The number of morpholine rings is 1. The van der Waals surface area contributed by atoms with E-state index in [2.05, 4.69) is 25.3 Å². The van der Waals surface area contributed by atoms with Crippen LogP contribution >= 0.6 is 0 Å². The van der Waals surface area contributed by atoms with E-state index in [0.717, 1.165) is 86.3 Å². The summed E-state index contributed by atoms with van der Waals surface area (Å²) in [6, 6.07) is 8.63. The number of nitrogens with zero attached hydrogens (tertiary/aromatic N) is 5. The van der Waals surface area contributed by atoms with Crippen molar-refractivity contribution in [2.24, 2.45) is 5.92 Å². The van der Waals surface area contributed by atoms with Gasteiger partial charge in [-0.3, -0.25) is 0 Å². The van der Waals surface area contributed by atoms with Gasteiger partial charge in [0.15, 0.2) is 5.82 Å². The third-order valence-corrected chi connectivity index (χ3v) is 9.06. The van der Waals surface area contributed by atoms with Crippen molar-refractivity contribution in [3.63, 3.8) is 0 Å². The Hall–Kier alpha value is -3.11. The van der Waals surface area contributed by atoms with Gasteiger partial charge < -0.3 is 24.6 Å². The molecule has 1 aromatic carbocycles. The average Bonchev–Trinajstić information content (AvgIpc) is 3.02. The van der Waals surface area contributed by atoms with E-state index in [-0.39, 0.29) is 11.6 Å².